The van der Waals surface area contributed by atoms with E-state index in [1.165, 1.54) is 24.5 Å². The number of sulfonamides is 1. The van der Waals surface area contributed by atoms with Crippen molar-refractivity contribution in [2.24, 2.45) is 0 Å². The summed E-state index contributed by atoms with van der Waals surface area (Å²) in [6.07, 6.45) is 7.42. The lowest BCUT2D eigenvalue weighted by Crippen LogP contribution is -2.25. The highest BCUT2D eigenvalue weighted by molar-refractivity contribution is 7.89. The predicted molar refractivity (Wildman–Crippen MR) is 77.2 cm³/mol. The molecule has 0 spiro atoms. The number of rotatable bonds is 5. The second-order valence-electron chi connectivity index (χ2n) is 4.94. The predicted octanol–water partition coefficient (Wildman–Crippen LogP) is 2.58. The van der Waals surface area contributed by atoms with E-state index in [9.17, 15) is 12.8 Å². The fourth-order valence-electron chi connectivity index (χ4n) is 2.25. The molecule has 1 aromatic rings. The monoisotopic (exact) mass is 298 g/mol. The zero-order valence-electron chi connectivity index (χ0n) is 11.2. The van der Waals surface area contributed by atoms with Gasteiger partial charge in [-0.3, -0.25) is 0 Å². The molecule has 4 nitrogen and oxygen atoms in total. The average molecular weight is 298 g/mol. The van der Waals surface area contributed by atoms with Gasteiger partial charge < -0.3 is 5.73 Å². The van der Waals surface area contributed by atoms with E-state index in [0.717, 1.165) is 31.4 Å². The summed E-state index contributed by atoms with van der Waals surface area (Å²) < 4.78 is 39.6. The summed E-state index contributed by atoms with van der Waals surface area (Å²) in [6, 6.07) is 3.42. The lowest BCUT2D eigenvalue weighted by atomic mass is 9.97. The molecule has 0 aliphatic heterocycles. The molecule has 110 valence electrons. The van der Waals surface area contributed by atoms with Crippen LogP contribution >= 0.6 is 0 Å². The molecular weight excluding hydrogens is 279 g/mol. The van der Waals surface area contributed by atoms with Crippen molar-refractivity contribution < 1.29 is 12.8 Å². The first-order valence-electron chi connectivity index (χ1n) is 6.71. The Morgan fingerprint density at radius 3 is 2.75 bits per heavy atom. The minimum absolute atomic E-state index is 0.00553. The van der Waals surface area contributed by atoms with E-state index in [0.29, 0.717) is 6.54 Å². The number of benzene rings is 1. The molecule has 0 fully saturated rings. The van der Waals surface area contributed by atoms with Crippen molar-refractivity contribution in [1.82, 2.24) is 4.72 Å². The standard InChI is InChI=1S/C14H19FN2O2S/c15-13-7-6-12(10-14(13)16)20(18,19)17-9-8-11-4-2-1-3-5-11/h4,6-7,10,17H,1-3,5,8-9,16H2. The second-order valence-corrected chi connectivity index (χ2v) is 6.71. The Hall–Kier alpha value is -1.40. The Kier molecular flexibility index (Phi) is 4.77. The zero-order valence-corrected chi connectivity index (χ0v) is 12.0. The largest absolute Gasteiger partial charge is 0.396 e. The van der Waals surface area contributed by atoms with Crippen LogP contribution < -0.4 is 10.5 Å². The number of hydrogen-bond acceptors (Lipinski definition) is 3. The van der Waals surface area contributed by atoms with Crippen LogP contribution in [0.5, 0.6) is 0 Å². The Morgan fingerprint density at radius 1 is 1.30 bits per heavy atom. The fourth-order valence-corrected chi connectivity index (χ4v) is 3.32. The maximum Gasteiger partial charge on any atom is 0.240 e. The molecule has 1 aliphatic rings. The first-order valence-corrected chi connectivity index (χ1v) is 8.20. The maximum absolute atomic E-state index is 13.0. The fraction of sp³-hybridized carbons (Fsp3) is 0.429. The number of nitrogens with one attached hydrogen (secondary N) is 1. The van der Waals surface area contributed by atoms with Gasteiger partial charge in [0, 0.05) is 6.54 Å². The topological polar surface area (TPSA) is 72.2 Å². The number of allylic oxidation sites excluding steroid dienone is 1. The number of nitrogen functional groups attached to an aromatic ring is 1. The van der Waals surface area contributed by atoms with E-state index in [1.807, 2.05) is 0 Å². The van der Waals surface area contributed by atoms with Crippen molar-refractivity contribution in [3.63, 3.8) is 0 Å². The average Bonchev–Trinajstić information content (AvgIpc) is 2.43. The van der Waals surface area contributed by atoms with Crippen molar-refractivity contribution in [1.29, 1.82) is 0 Å². The van der Waals surface area contributed by atoms with Crippen LogP contribution in [0.25, 0.3) is 0 Å². The molecule has 2 rings (SSSR count). The van der Waals surface area contributed by atoms with Gasteiger partial charge in [-0.1, -0.05) is 11.6 Å². The van der Waals surface area contributed by atoms with E-state index in [2.05, 4.69) is 10.8 Å². The van der Waals surface area contributed by atoms with Gasteiger partial charge in [0.05, 0.1) is 10.6 Å². The van der Waals surface area contributed by atoms with E-state index < -0.39 is 15.8 Å². The normalized spacial score (nSPS) is 15.9. The molecule has 1 aliphatic carbocycles. The summed E-state index contributed by atoms with van der Waals surface area (Å²) in [5, 5.41) is 0. The molecule has 0 radical (unpaired) electrons. The van der Waals surface area contributed by atoms with Crippen molar-refractivity contribution in [3.05, 3.63) is 35.7 Å². The van der Waals surface area contributed by atoms with Gasteiger partial charge in [-0.2, -0.15) is 0 Å². The van der Waals surface area contributed by atoms with Crippen LogP contribution in [0.4, 0.5) is 10.1 Å². The highest BCUT2D eigenvalue weighted by atomic mass is 32.2. The summed E-state index contributed by atoms with van der Waals surface area (Å²) in [4.78, 5) is -0.00553. The molecule has 0 aromatic heterocycles. The molecule has 0 saturated heterocycles. The highest BCUT2D eigenvalue weighted by Crippen LogP contribution is 2.20. The summed E-state index contributed by atoms with van der Waals surface area (Å²) >= 11 is 0. The molecular formula is C14H19FN2O2S. The smallest absolute Gasteiger partial charge is 0.240 e. The molecule has 1 aromatic carbocycles. The quantitative estimate of drug-likeness (QED) is 0.648. The third-order valence-electron chi connectivity index (χ3n) is 3.40. The number of nitrogens with two attached hydrogens (primary N) is 1. The number of anilines is 1. The summed E-state index contributed by atoms with van der Waals surface area (Å²) in [5.74, 6) is -0.615. The lowest BCUT2D eigenvalue weighted by molar-refractivity contribution is 0.579. The summed E-state index contributed by atoms with van der Waals surface area (Å²) in [6.45, 7) is 0.353. The molecule has 20 heavy (non-hydrogen) atoms. The second kappa shape index (κ2) is 6.37. The van der Waals surface area contributed by atoms with Crippen molar-refractivity contribution in [2.45, 2.75) is 37.0 Å². The minimum Gasteiger partial charge on any atom is -0.396 e. The number of hydrogen-bond donors (Lipinski definition) is 2. The van der Waals surface area contributed by atoms with Gasteiger partial charge in [0.2, 0.25) is 10.0 Å². The molecule has 6 heteroatoms. The summed E-state index contributed by atoms with van der Waals surface area (Å²) in [7, 11) is -3.62. The maximum atomic E-state index is 13.0. The zero-order chi connectivity index (χ0) is 14.6. The first-order chi connectivity index (χ1) is 9.49. The molecule has 3 N–H and O–H groups in total. The van der Waals surface area contributed by atoms with E-state index in [1.54, 1.807) is 0 Å². The van der Waals surface area contributed by atoms with Crippen LogP contribution in [0.1, 0.15) is 32.1 Å². The number of halogens is 1. The highest BCUT2D eigenvalue weighted by Gasteiger charge is 2.15. The van der Waals surface area contributed by atoms with Gasteiger partial charge in [0.25, 0.3) is 0 Å². The van der Waals surface area contributed by atoms with E-state index in [-0.39, 0.29) is 10.6 Å². The van der Waals surface area contributed by atoms with Gasteiger partial charge in [-0.15, -0.1) is 0 Å². The van der Waals surface area contributed by atoms with Crippen molar-refractivity contribution in [3.8, 4) is 0 Å². The van der Waals surface area contributed by atoms with Crippen LogP contribution in [-0.2, 0) is 10.0 Å². The van der Waals surface area contributed by atoms with Crippen LogP contribution in [0.3, 0.4) is 0 Å². The van der Waals surface area contributed by atoms with Crippen LogP contribution in [0, 0.1) is 5.82 Å². The van der Waals surface area contributed by atoms with Crippen LogP contribution in [0.15, 0.2) is 34.7 Å². The van der Waals surface area contributed by atoms with Gasteiger partial charge in [0.15, 0.2) is 0 Å². The SMILES string of the molecule is Nc1cc(S(=O)(=O)NCCC2=CCCCC2)ccc1F. The van der Waals surface area contributed by atoms with Gasteiger partial charge in [0.1, 0.15) is 5.82 Å². The third-order valence-corrected chi connectivity index (χ3v) is 4.86. The molecule has 0 heterocycles. The Balaban J connectivity index is 1.96. The summed E-state index contributed by atoms with van der Waals surface area (Å²) in [5.41, 5.74) is 6.53. The minimum atomic E-state index is -3.62. The molecule has 0 unspecified atom stereocenters. The Labute approximate surface area is 118 Å². The van der Waals surface area contributed by atoms with Crippen LogP contribution in [-0.4, -0.2) is 15.0 Å². The molecule has 0 saturated carbocycles. The Morgan fingerprint density at radius 2 is 2.10 bits per heavy atom. The first kappa shape index (κ1) is 15.0. The molecule has 0 amide bonds. The third kappa shape index (κ3) is 3.80. The van der Waals surface area contributed by atoms with Gasteiger partial charge in [-0.25, -0.2) is 17.5 Å². The molecule has 0 atom stereocenters. The Bertz CT molecular complexity index is 612. The van der Waals surface area contributed by atoms with E-state index in [4.69, 9.17) is 5.73 Å². The lowest BCUT2D eigenvalue weighted by Gasteiger charge is -2.13. The van der Waals surface area contributed by atoms with Crippen molar-refractivity contribution in [2.75, 3.05) is 12.3 Å². The van der Waals surface area contributed by atoms with Gasteiger partial charge in [-0.05, 0) is 50.3 Å². The van der Waals surface area contributed by atoms with Gasteiger partial charge >= 0.3 is 0 Å². The van der Waals surface area contributed by atoms with Crippen LogP contribution in [0.2, 0.25) is 0 Å². The molecule has 0 bridgehead atoms. The van der Waals surface area contributed by atoms with E-state index >= 15 is 0 Å². The van der Waals surface area contributed by atoms with Crippen molar-refractivity contribution >= 4 is 15.7 Å².